The molecule has 1 unspecified atom stereocenters. The highest BCUT2D eigenvalue weighted by Gasteiger charge is 2.12. The number of methoxy groups -OCH3 is 1. The van der Waals surface area contributed by atoms with Crippen LogP contribution in [0.5, 0.6) is 5.75 Å². The summed E-state index contributed by atoms with van der Waals surface area (Å²) in [5.41, 5.74) is 1.15. The summed E-state index contributed by atoms with van der Waals surface area (Å²) in [5.74, 6) is 0.841. The smallest absolute Gasteiger partial charge is 0.121 e. The number of carbonyl (C=O) groups excluding carboxylic acids is 1. The quantitative estimate of drug-likeness (QED) is 0.790. The first-order chi connectivity index (χ1) is 9.33. The van der Waals surface area contributed by atoms with Crippen molar-refractivity contribution in [2.75, 3.05) is 7.11 Å². The van der Waals surface area contributed by atoms with E-state index in [0.717, 1.165) is 22.6 Å². The Balaban J connectivity index is 1.96. The van der Waals surface area contributed by atoms with Crippen LogP contribution in [0.25, 0.3) is 0 Å². The lowest BCUT2D eigenvalue weighted by Gasteiger charge is -2.14. The third-order valence-electron chi connectivity index (χ3n) is 2.79. The molecule has 2 aromatic rings. The summed E-state index contributed by atoms with van der Waals surface area (Å²) in [7, 11) is 1.65. The van der Waals surface area contributed by atoms with Gasteiger partial charge in [-0.15, -0.1) is 11.3 Å². The zero-order valence-electron chi connectivity index (χ0n) is 10.7. The molecular weight excluding hydrogens is 260 g/mol. The summed E-state index contributed by atoms with van der Waals surface area (Å²) in [5, 5.41) is 6.22. The van der Waals surface area contributed by atoms with E-state index in [1.165, 1.54) is 0 Å². The molecule has 0 aliphatic carbocycles. The molecule has 0 saturated carbocycles. The molecular formula is C14H16N2O2S. The standard InChI is InChI=1S/C14H16N2O2S/c1-18-12-4-2-11(3-5-12)10-16-13(6-8-17)14-15-7-9-19-14/h2-5,7-9,13,16H,6,10H2,1H3. The highest BCUT2D eigenvalue weighted by molar-refractivity contribution is 7.09. The highest BCUT2D eigenvalue weighted by Crippen LogP contribution is 2.19. The van der Waals surface area contributed by atoms with Crippen molar-refractivity contribution in [3.63, 3.8) is 0 Å². The minimum Gasteiger partial charge on any atom is -0.497 e. The van der Waals surface area contributed by atoms with E-state index in [9.17, 15) is 4.79 Å². The Morgan fingerprint density at radius 2 is 2.21 bits per heavy atom. The van der Waals surface area contributed by atoms with Gasteiger partial charge in [0.25, 0.3) is 0 Å². The zero-order chi connectivity index (χ0) is 13.5. The predicted molar refractivity (Wildman–Crippen MR) is 75.4 cm³/mol. The Labute approximate surface area is 116 Å². The lowest BCUT2D eigenvalue weighted by Crippen LogP contribution is -2.21. The maximum atomic E-state index is 10.7. The van der Waals surface area contributed by atoms with Crippen molar-refractivity contribution in [3.05, 3.63) is 46.4 Å². The third-order valence-corrected chi connectivity index (χ3v) is 3.68. The van der Waals surface area contributed by atoms with Gasteiger partial charge in [0, 0.05) is 24.5 Å². The fourth-order valence-corrected chi connectivity index (χ4v) is 2.49. The number of benzene rings is 1. The van der Waals surface area contributed by atoms with Gasteiger partial charge in [-0.1, -0.05) is 12.1 Å². The normalized spacial score (nSPS) is 12.1. The molecule has 1 N–H and O–H groups in total. The van der Waals surface area contributed by atoms with Crippen molar-refractivity contribution in [2.45, 2.75) is 19.0 Å². The first-order valence-corrected chi connectivity index (χ1v) is 6.91. The number of nitrogens with zero attached hydrogens (tertiary/aromatic N) is 1. The molecule has 19 heavy (non-hydrogen) atoms. The molecule has 4 nitrogen and oxygen atoms in total. The Morgan fingerprint density at radius 3 is 2.79 bits per heavy atom. The first-order valence-electron chi connectivity index (χ1n) is 6.03. The van der Waals surface area contributed by atoms with Crippen LogP contribution in [0.15, 0.2) is 35.8 Å². The number of rotatable bonds is 7. The summed E-state index contributed by atoms with van der Waals surface area (Å²) < 4.78 is 5.12. The molecule has 100 valence electrons. The molecule has 0 bridgehead atoms. The number of hydrogen-bond acceptors (Lipinski definition) is 5. The van der Waals surface area contributed by atoms with Crippen molar-refractivity contribution in [1.29, 1.82) is 0 Å². The van der Waals surface area contributed by atoms with Crippen LogP contribution >= 0.6 is 11.3 Å². The SMILES string of the molecule is COc1ccc(CNC(CC=O)c2nccs2)cc1. The average Bonchev–Trinajstić information content (AvgIpc) is 2.98. The van der Waals surface area contributed by atoms with Crippen LogP contribution in [0.4, 0.5) is 0 Å². The summed E-state index contributed by atoms with van der Waals surface area (Å²) in [6.07, 6.45) is 3.11. The third kappa shape index (κ3) is 3.87. The Morgan fingerprint density at radius 1 is 1.42 bits per heavy atom. The zero-order valence-corrected chi connectivity index (χ0v) is 11.5. The largest absolute Gasteiger partial charge is 0.497 e. The van der Waals surface area contributed by atoms with Gasteiger partial charge in [-0.25, -0.2) is 4.98 Å². The topological polar surface area (TPSA) is 51.2 Å². The predicted octanol–water partition coefficient (Wildman–Crippen LogP) is 2.57. The number of hydrogen-bond donors (Lipinski definition) is 1. The summed E-state index contributed by atoms with van der Waals surface area (Å²) >= 11 is 1.56. The van der Waals surface area contributed by atoms with E-state index < -0.39 is 0 Å². The molecule has 0 fully saturated rings. The van der Waals surface area contributed by atoms with Gasteiger partial charge in [0.05, 0.1) is 13.2 Å². The molecule has 0 aliphatic heterocycles. The Bertz CT molecular complexity index is 497. The van der Waals surface area contributed by atoms with Gasteiger partial charge in [0.15, 0.2) is 0 Å². The minimum absolute atomic E-state index is 0.0143. The molecule has 0 spiro atoms. The van der Waals surface area contributed by atoms with Gasteiger partial charge in [-0.3, -0.25) is 0 Å². The van der Waals surface area contributed by atoms with E-state index >= 15 is 0 Å². The van der Waals surface area contributed by atoms with Gasteiger partial charge >= 0.3 is 0 Å². The average molecular weight is 276 g/mol. The van der Waals surface area contributed by atoms with Gasteiger partial charge < -0.3 is 14.8 Å². The van der Waals surface area contributed by atoms with Gasteiger partial charge in [0.2, 0.25) is 0 Å². The highest BCUT2D eigenvalue weighted by atomic mass is 32.1. The second-order valence-corrected chi connectivity index (χ2v) is 4.98. The van der Waals surface area contributed by atoms with Gasteiger partial charge in [0.1, 0.15) is 17.0 Å². The van der Waals surface area contributed by atoms with E-state index in [1.807, 2.05) is 29.6 Å². The fourth-order valence-electron chi connectivity index (χ4n) is 1.76. The van der Waals surface area contributed by atoms with E-state index in [4.69, 9.17) is 4.74 Å². The van der Waals surface area contributed by atoms with Crippen LogP contribution in [0.2, 0.25) is 0 Å². The van der Waals surface area contributed by atoms with Crippen molar-refractivity contribution in [2.24, 2.45) is 0 Å². The van der Waals surface area contributed by atoms with E-state index in [0.29, 0.717) is 13.0 Å². The summed E-state index contributed by atoms with van der Waals surface area (Å²) in [6, 6.07) is 7.85. The van der Waals surface area contributed by atoms with Crippen LogP contribution in [0.3, 0.4) is 0 Å². The molecule has 0 radical (unpaired) electrons. The number of aromatic nitrogens is 1. The van der Waals surface area contributed by atoms with Crippen LogP contribution < -0.4 is 10.1 Å². The monoisotopic (exact) mass is 276 g/mol. The van der Waals surface area contributed by atoms with E-state index in [1.54, 1.807) is 24.6 Å². The van der Waals surface area contributed by atoms with Crippen LogP contribution in [0.1, 0.15) is 23.0 Å². The minimum atomic E-state index is -0.0143. The second kappa shape index (κ2) is 7.01. The molecule has 1 heterocycles. The Hall–Kier alpha value is -1.72. The molecule has 0 aliphatic rings. The Kier molecular flexibility index (Phi) is 5.06. The molecule has 0 amide bonds. The van der Waals surface area contributed by atoms with Crippen molar-refractivity contribution in [3.8, 4) is 5.75 Å². The molecule has 5 heteroatoms. The summed E-state index contributed by atoms with van der Waals surface area (Å²) in [6.45, 7) is 0.697. The number of ether oxygens (including phenoxy) is 1. The van der Waals surface area contributed by atoms with Crippen LogP contribution in [-0.2, 0) is 11.3 Å². The van der Waals surface area contributed by atoms with E-state index in [-0.39, 0.29) is 6.04 Å². The number of thiazole rings is 1. The van der Waals surface area contributed by atoms with Crippen LogP contribution in [0, 0.1) is 0 Å². The van der Waals surface area contributed by atoms with Crippen LogP contribution in [-0.4, -0.2) is 18.4 Å². The lowest BCUT2D eigenvalue weighted by molar-refractivity contribution is -0.108. The molecule has 1 aromatic heterocycles. The van der Waals surface area contributed by atoms with E-state index in [2.05, 4.69) is 10.3 Å². The number of aldehydes is 1. The van der Waals surface area contributed by atoms with Crippen molar-refractivity contribution < 1.29 is 9.53 Å². The van der Waals surface area contributed by atoms with Crippen molar-refractivity contribution >= 4 is 17.6 Å². The number of nitrogens with one attached hydrogen (secondary N) is 1. The van der Waals surface area contributed by atoms with Crippen molar-refractivity contribution in [1.82, 2.24) is 10.3 Å². The maximum Gasteiger partial charge on any atom is 0.121 e. The fraction of sp³-hybridized carbons (Fsp3) is 0.286. The first kappa shape index (κ1) is 13.7. The molecule has 1 aromatic carbocycles. The van der Waals surface area contributed by atoms with Gasteiger partial charge in [-0.2, -0.15) is 0 Å². The lowest BCUT2D eigenvalue weighted by atomic mass is 10.2. The summed E-state index contributed by atoms with van der Waals surface area (Å²) in [4.78, 5) is 15.0. The molecule has 1 atom stereocenters. The second-order valence-electron chi connectivity index (χ2n) is 4.05. The maximum absolute atomic E-state index is 10.7. The molecule has 2 rings (SSSR count). The number of carbonyl (C=O) groups is 1. The van der Waals surface area contributed by atoms with Gasteiger partial charge in [-0.05, 0) is 17.7 Å². The molecule has 0 saturated heterocycles.